The van der Waals surface area contributed by atoms with E-state index in [4.69, 9.17) is 5.11 Å². The number of halogens is 1. The maximum Gasteiger partial charge on any atom is 0.323 e. The molecule has 0 spiro atoms. The molecule has 0 heterocycles. The molecule has 20 heavy (non-hydrogen) atoms. The van der Waals surface area contributed by atoms with Crippen LogP contribution in [0.1, 0.15) is 31.2 Å². The van der Waals surface area contributed by atoms with Gasteiger partial charge in [-0.3, -0.25) is 9.59 Å². The molecule has 1 amide bonds. The largest absolute Gasteiger partial charge is 0.480 e. The van der Waals surface area contributed by atoms with Crippen molar-refractivity contribution >= 4 is 11.9 Å². The lowest BCUT2D eigenvalue weighted by Gasteiger charge is -2.32. The average molecular weight is 279 g/mol. The fourth-order valence-corrected chi connectivity index (χ4v) is 3.03. The van der Waals surface area contributed by atoms with Crippen LogP contribution in [0.4, 0.5) is 4.39 Å². The highest BCUT2D eigenvalue weighted by atomic mass is 19.1. The summed E-state index contributed by atoms with van der Waals surface area (Å²) in [6.07, 6.45) is 3.06. The standard InChI is InChI=1S/C15H18FNO3/c1-17(10-13(18)19)14(20)15(7-2-3-8-15)11-5-4-6-12(16)9-11/h4-6,9H,2-3,7-8,10H2,1H3,(H,18,19). The molecule has 0 saturated heterocycles. The van der Waals surface area contributed by atoms with E-state index < -0.39 is 11.4 Å². The third-order valence-electron chi connectivity index (χ3n) is 3.96. The van der Waals surface area contributed by atoms with E-state index in [1.807, 2.05) is 0 Å². The van der Waals surface area contributed by atoms with E-state index in [2.05, 4.69) is 0 Å². The van der Waals surface area contributed by atoms with Crippen LogP contribution in [-0.4, -0.2) is 35.5 Å². The highest BCUT2D eigenvalue weighted by molar-refractivity contribution is 5.90. The fraction of sp³-hybridized carbons (Fsp3) is 0.467. The van der Waals surface area contributed by atoms with Gasteiger partial charge in [-0.05, 0) is 30.5 Å². The van der Waals surface area contributed by atoms with Crippen molar-refractivity contribution in [3.8, 4) is 0 Å². The number of carbonyl (C=O) groups excluding carboxylic acids is 1. The molecule has 1 aromatic carbocycles. The molecule has 1 N–H and O–H groups in total. The molecule has 0 unspecified atom stereocenters. The van der Waals surface area contributed by atoms with E-state index in [0.717, 1.165) is 12.8 Å². The Labute approximate surface area is 117 Å². The number of carboxylic acid groups (broad SMARTS) is 1. The Bertz CT molecular complexity index is 524. The molecule has 108 valence electrons. The fourth-order valence-electron chi connectivity index (χ4n) is 3.03. The highest BCUT2D eigenvalue weighted by Gasteiger charge is 2.44. The average Bonchev–Trinajstić information content (AvgIpc) is 2.87. The number of amides is 1. The molecule has 4 nitrogen and oxygen atoms in total. The number of hydrogen-bond acceptors (Lipinski definition) is 2. The van der Waals surface area contributed by atoms with Gasteiger partial charge in [0.15, 0.2) is 0 Å². The van der Waals surface area contributed by atoms with Gasteiger partial charge in [-0.2, -0.15) is 0 Å². The number of nitrogens with zero attached hydrogens (tertiary/aromatic N) is 1. The Morgan fingerprint density at radius 3 is 2.55 bits per heavy atom. The molecule has 1 aromatic rings. The second-order valence-electron chi connectivity index (χ2n) is 5.35. The van der Waals surface area contributed by atoms with E-state index in [1.165, 1.54) is 24.1 Å². The SMILES string of the molecule is CN(CC(=O)O)C(=O)C1(c2cccc(F)c2)CCCC1. The van der Waals surface area contributed by atoms with Crippen molar-refractivity contribution in [2.45, 2.75) is 31.1 Å². The number of hydrogen-bond donors (Lipinski definition) is 1. The van der Waals surface area contributed by atoms with Crippen molar-refractivity contribution in [2.75, 3.05) is 13.6 Å². The van der Waals surface area contributed by atoms with Gasteiger partial charge in [0.2, 0.25) is 5.91 Å². The van der Waals surface area contributed by atoms with Crippen LogP contribution in [0.25, 0.3) is 0 Å². The van der Waals surface area contributed by atoms with Crippen LogP contribution in [0, 0.1) is 5.82 Å². The van der Waals surface area contributed by atoms with Crippen molar-refractivity contribution in [3.63, 3.8) is 0 Å². The molecule has 2 rings (SSSR count). The smallest absolute Gasteiger partial charge is 0.323 e. The maximum absolute atomic E-state index is 13.4. The van der Waals surface area contributed by atoms with E-state index >= 15 is 0 Å². The van der Waals surface area contributed by atoms with Crippen molar-refractivity contribution in [1.82, 2.24) is 4.90 Å². The Morgan fingerprint density at radius 1 is 1.35 bits per heavy atom. The number of rotatable bonds is 4. The number of carbonyl (C=O) groups is 2. The minimum Gasteiger partial charge on any atom is -0.480 e. The lowest BCUT2D eigenvalue weighted by molar-refractivity contribution is -0.146. The highest BCUT2D eigenvalue weighted by Crippen LogP contribution is 2.42. The van der Waals surface area contributed by atoms with Gasteiger partial charge in [0.05, 0.1) is 5.41 Å². The summed E-state index contributed by atoms with van der Waals surface area (Å²) in [6, 6.07) is 6.07. The van der Waals surface area contributed by atoms with Crippen molar-refractivity contribution in [3.05, 3.63) is 35.6 Å². The lowest BCUT2D eigenvalue weighted by Crippen LogP contribution is -2.45. The monoisotopic (exact) mass is 279 g/mol. The third-order valence-corrected chi connectivity index (χ3v) is 3.96. The molecule has 1 saturated carbocycles. The topological polar surface area (TPSA) is 57.6 Å². The third kappa shape index (κ3) is 2.66. The Balaban J connectivity index is 2.35. The van der Waals surface area contributed by atoms with Crippen LogP contribution < -0.4 is 0 Å². The minimum atomic E-state index is -1.05. The first-order chi connectivity index (χ1) is 9.45. The van der Waals surface area contributed by atoms with Crippen LogP contribution in [0.5, 0.6) is 0 Å². The Morgan fingerprint density at radius 2 is 2.00 bits per heavy atom. The molecule has 0 bridgehead atoms. The summed E-state index contributed by atoms with van der Waals surface area (Å²) in [5.74, 6) is -1.65. The quantitative estimate of drug-likeness (QED) is 0.919. The van der Waals surface area contributed by atoms with E-state index in [9.17, 15) is 14.0 Å². The first-order valence-corrected chi connectivity index (χ1v) is 6.69. The van der Waals surface area contributed by atoms with Gasteiger partial charge >= 0.3 is 5.97 Å². The first kappa shape index (κ1) is 14.5. The van der Waals surface area contributed by atoms with Gasteiger partial charge < -0.3 is 10.0 Å². The Kier molecular flexibility index (Phi) is 4.06. The molecule has 1 aliphatic carbocycles. The zero-order valence-electron chi connectivity index (χ0n) is 11.4. The molecular weight excluding hydrogens is 261 g/mol. The van der Waals surface area contributed by atoms with Crippen molar-refractivity contribution in [2.24, 2.45) is 0 Å². The summed E-state index contributed by atoms with van der Waals surface area (Å²) in [7, 11) is 1.48. The number of benzene rings is 1. The zero-order chi connectivity index (χ0) is 14.8. The lowest BCUT2D eigenvalue weighted by atomic mass is 9.77. The van der Waals surface area contributed by atoms with Gasteiger partial charge in [0, 0.05) is 7.05 Å². The molecule has 0 aliphatic heterocycles. The van der Waals surface area contributed by atoms with Gasteiger partial charge in [-0.1, -0.05) is 25.0 Å². The molecule has 1 fully saturated rings. The normalized spacial score (nSPS) is 16.9. The van der Waals surface area contributed by atoms with Crippen molar-refractivity contribution < 1.29 is 19.1 Å². The molecule has 1 aliphatic rings. The molecule has 0 aromatic heterocycles. The predicted octanol–water partition coefficient (Wildman–Crippen LogP) is 2.18. The second-order valence-corrected chi connectivity index (χ2v) is 5.35. The van der Waals surface area contributed by atoms with Crippen molar-refractivity contribution in [1.29, 1.82) is 0 Å². The first-order valence-electron chi connectivity index (χ1n) is 6.69. The summed E-state index contributed by atoms with van der Waals surface area (Å²) < 4.78 is 13.4. The summed E-state index contributed by atoms with van der Waals surface area (Å²) in [4.78, 5) is 24.6. The van der Waals surface area contributed by atoms with Gasteiger partial charge in [-0.15, -0.1) is 0 Å². The number of likely N-dealkylation sites (N-methyl/N-ethyl adjacent to an activating group) is 1. The molecular formula is C15H18FNO3. The molecule has 0 radical (unpaired) electrons. The van der Waals surface area contributed by atoms with Gasteiger partial charge in [-0.25, -0.2) is 4.39 Å². The predicted molar refractivity (Wildman–Crippen MR) is 71.8 cm³/mol. The zero-order valence-corrected chi connectivity index (χ0v) is 11.4. The second kappa shape index (κ2) is 5.61. The minimum absolute atomic E-state index is 0.233. The van der Waals surface area contributed by atoms with E-state index in [1.54, 1.807) is 12.1 Å². The van der Waals surface area contributed by atoms with Crippen LogP contribution in [0.15, 0.2) is 24.3 Å². The number of aliphatic carboxylic acids is 1. The van der Waals surface area contributed by atoms with E-state index in [0.29, 0.717) is 18.4 Å². The van der Waals surface area contributed by atoms with Crippen LogP contribution >= 0.6 is 0 Å². The summed E-state index contributed by atoms with van der Waals surface area (Å²) in [6.45, 7) is -0.337. The molecule has 0 atom stereocenters. The number of carboxylic acids is 1. The van der Waals surface area contributed by atoms with Crippen LogP contribution in [-0.2, 0) is 15.0 Å². The summed E-state index contributed by atoms with van der Waals surface area (Å²) in [5, 5.41) is 8.82. The van der Waals surface area contributed by atoms with Gasteiger partial charge in [0.25, 0.3) is 0 Å². The molecule has 5 heteroatoms. The van der Waals surface area contributed by atoms with Crippen LogP contribution in [0.2, 0.25) is 0 Å². The summed E-state index contributed by atoms with van der Waals surface area (Å²) in [5.41, 5.74) is -0.121. The van der Waals surface area contributed by atoms with Gasteiger partial charge in [0.1, 0.15) is 12.4 Å². The maximum atomic E-state index is 13.4. The van der Waals surface area contributed by atoms with E-state index in [-0.39, 0.29) is 18.3 Å². The Hall–Kier alpha value is -1.91. The van der Waals surface area contributed by atoms with Crippen LogP contribution in [0.3, 0.4) is 0 Å². The summed E-state index contributed by atoms with van der Waals surface area (Å²) >= 11 is 0.